The molecule has 1 saturated heterocycles. The van der Waals surface area contributed by atoms with Gasteiger partial charge in [-0.05, 0) is 37.2 Å². The number of nitrogens with zero attached hydrogens (tertiary/aromatic N) is 2. The van der Waals surface area contributed by atoms with Gasteiger partial charge < -0.3 is 10.0 Å². The molecule has 0 spiro atoms. The third-order valence-corrected chi connectivity index (χ3v) is 4.31. The van der Waals surface area contributed by atoms with Crippen molar-refractivity contribution in [2.75, 3.05) is 25.5 Å². The molecule has 0 saturated carbocycles. The standard InChI is InChI=1S/C13H18N2O/c1-13-6-7-14(2)12(13)15(3)11-5-4-9(16)8-10(11)13/h4-5,8,12,16H,6-7H2,1-3H3/t12?,13-/m0/s1. The van der Waals surface area contributed by atoms with Gasteiger partial charge in [-0.25, -0.2) is 0 Å². The van der Waals surface area contributed by atoms with Crippen molar-refractivity contribution in [1.29, 1.82) is 0 Å². The van der Waals surface area contributed by atoms with Crippen molar-refractivity contribution < 1.29 is 5.11 Å². The van der Waals surface area contributed by atoms with E-state index in [-0.39, 0.29) is 5.41 Å². The average Bonchev–Trinajstić information content (AvgIpc) is 2.65. The Hall–Kier alpha value is -1.22. The van der Waals surface area contributed by atoms with Crippen LogP contribution in [-0.4, -0.2) is 36.8 Å². The van der Waals surface area contributed by atoms with Gasteiger partial charge in [0, 0.05) is 24.7 Å². The minimum absolute atomic E-state index is 0.164. The highest BCUT2D eigenvalue weighted by Gasteiger charge is 2.52. The van der Waals surface area contributed by atoms with E-state index in [0.29, 0.717) is 11.9 Å². The number of phenolic OH excluding ortho intramolecular Hbond substituents is 1. The van der Waals surface area contributed by atoms with Crippen LogP contribution in [-0.2, 0) is 5.41 Å². The van der Waals surface area contributed by atoms with Crippen molar-refractivity contribution in [3.05, 3.63) is 23.8 Å². The Bertz CT molecular complexity index is 446. The Labute approximate surface area is 96.3 Å². The fourth-order valence-corrected chi connectivity index (χ4v) is 3.56. The lowest BCUT2D eigenvalue weighted by Crippen LogP contribution is -2.45. The summed E-state index contributed by atoms with van der Waals surface area (Å²) in [6.45, 7) is 3.43. The monoisotopic (exact) mass is 218 g/mol. The van der Waals surface area contributed by atoms with Gasteiger partial charge in [-0.15, -0.1) is 0 Å². The summed E-state index contributed by atoms with van der Waals surface area (Å²) < 4.78 is 0. The number of hydrogen-bond donors (Lipinski definition) is 1. The van der Waals surface area contributed by atoms with Crippen LogP contribution in [0.25, 0.3) is 0 Å². The Morgan fingerprint density at radius 1 is 1.38 bits per heavy atom. The molecule has 0 bridgehead atoms. The van der Waals surface area contributed by atoms with Crippen LogP contribution >= 0.6 is 0 Å². The van der Waals surface area contributed by atoms with E-state index in [2.05, 4.69) is 30.8 Å². The first-order valence-electron chi connectivity index (χ1n) is 5.80. The quantitative estimate of drug-likeness (QED) is 0.719. The summed E-state index contributed by atoms with van der Waals surface area (Å²) >= 11 is 0. The molecule has 2 atom stereocenters. The van der Waals surface area contributed by atoms with E-state index in [0.717, 1.165) is 13.0 Å². The van der Waals surface area contributed by atoms with Crippen LogP contribution in [0.5, 0.6) is 5.75 Å². The Morgan fingerprint density at radius 2 is 2.12 bits per heavy atom. The van der Waals surface area contributed by atoms with E-state index in [1.54, 1.807) is 6.07 Å². The number of phenols is 1. The highest BCUT2D eigenvalue weighted by Crippen LogP contribution is 2.51. The van der Waals surface area contributed by atoms with Gasteiger partial charge in [-0.1, -0.05) is 6.92 Å². The minimum atomic E-state index is 0.164. The van der Waals surface area contributed by atoms with Crippen molar-refractivity contribution in [3.63, 3.8) is 0 Å². The maximum absolute atomic E-state index is 9.65. The number of aromatic hydroxyl groups is 1. The molecule has 2 aliphatic heterocycles. The summed E-state index contributed by atoms with van der Waals surface area (Å²) in [6.07, 6.45) is 1.60. The van der Waals surface area contributed by atoms with E-state index in [1.165, 1.54) is 11.3 Å². The van der Waals surface area contributed by atoms with E-state index in [1.807, 2.05) is 12.1 Å². The number of rotatable bonds is 0. The van der Waals surface area contributed by atoms with E-state index < -0.39 is 0 Å². The van der Waals surface area contributed by atoms with Crippen molar-refractivity contribution in [3.8, 4) is 5.75 Å². The molecule has 1 N–H and O–H groups in total. The topological polar surface area (TPSA) is 26.7 Å². The first-order valence-corrected chi connectivity index (χ1v) is 5.80. The Balaban J connectivity index is 2.20. The molecule has 2 aliphatic rings. The lowest BCUT2D eigenvalue weighted by atomic mass is 9.81. The van der Waals surface area contributed by atoms with Gasteiger partial charge in [-0.2, -0.15) is 0 Å². The van der Waals surface area contributed by atoms with Crippen LogP contribution in [0.1, 0.15) is 18.9 Å². The number of likely N-dealkylation sites (tertiary alicyclic amines) is 1. The molecule has 1 unspecified atom stereocenters. The van der Waals surface area contributed by atoms with Gasteiger partial charge in [-0.3, -0.25) is 4.90 Å². The number of hydrogen-bond acceptors (Lipinski definition) is 3. The van der Waals surface area contributed by atoms with Crippen LogP contribution in [0, 0.1) is 0 Å². The third-order valence-electron chi connectivity index (χ3n) is 4.31. The molecule has 86 valence electrons. The highest BCUT2D eigenvalue weighted by molar-refractivity contribution is 5.65. The van der Waals surface area contributed by atoms with Gasteiger partial charge in [0.05, 0.1) is 6.17 Å². The van der Waals surface area contributed by atoms with Crippen molar-refractivity contribution in [2.24, 2.45) is 0 Å². The minimum Gasteiger partial charge on any atom is -0.508 e. The van der Waals surface area contributed by atoms with Crippen LogP contribution < -0.4 is 4.90 Å². The van der Waals surface area contributed by atoms with Gasteiger partial charge >= 0.3 is 0 Å². The zero-order valence-electron chi connectivity index (χ0n) is 10.1. The second kappa shape index (κ2) is 2.92. The molecule has 0 aliphatic carbocycles. The summed E-state index contributed by atoms with van der Waals surface area (Å²) in [4.78, 5) is 4.73. The van der Waals surface area contributed by atoms with Crippen molar-refractivity contribution >= 4 is 5.69 Å². The zero-order valence-corrected chi connectivity index (χ0v) is 10.1. The van der Waals surface area contributed by atoms with Gasteiger partial charge in [0.25, 0.3) is 0 Å². The average molecular weight is 218 g/mol. The Kier molecular flexibility index (Phi) is 1.82. The molecule has 3 heteroatoms. The summed E-state index contributed by atoms with van der Waals surface area (Å²) in [5.41, 5.74) is 2.72. The van der Waals surface area contributed by atoms with E-state index in [4.69, 9.17) is 0 Å². The molecule has 0 aromatic heterocycles. The highest BCUT2D eigenvalue weighted by atomic mass is 16.3. The summed E-state index contributed by atoms with van der Waals surface area (Å²) in [7, 11) is 4.33. The SMILES string of the molecule is CN1CC[C@@]2(C)c3cc(O)ccc3N(C)C12. The predicted molar refractivity (Wildman–Crippen MR) is 64.9 cm³/mol. The zero-order chi connectivity index (χ0) is 11.5. The summed E-state index contributed by atoms with van der Waals surface area (Å²) in [5.74, 6) is 0.378. The van der Waals surface area contributed by atoms with Crippen LogP contribution in [0.3, 0.4) is 0 Å². The van der Waals surface area contributed by atoms with Gasteiger partial charge in [0.2, 0.25) is 0 Å². The Morgan fingerprint density at radius 3 is 2.88 bits per heavy atom. The molecule has 1 aromatic carbocycles. The molecule has 16 heavy (non-hydrogen) atoms. The molecular weight excluding hydrogens is 200 g/mol. The number of fused-ring (bicyclic) bond motifs is 3. The maximum atomic E-state index is 9.65. The number of likely N-dealkylation sites (N-methyl/N-ethyl adjacent to an activating group) is 2. The molecule has 0 radical (unpaired) electrons. The number of benzene rings is 1. The van der Waals surface area contributed by atoms with Gasteiger partial charge in [0.15, 0.2) is 0 Å². The first kappa shape index (κ1) is 9.97. The largest absolute Gasteiger partial charge is 0.508 e. The van der Waals surface area contributed by atoms with E-state index in [9.17, 15) is 5.11 Å². The molecule has 3 rings (SSSR count). The molecule has 1 aromatic rings. The van der Waals surface area contributed by atoms with Crippen molar-refractivity contribution in [2.45, 2.75) is 24.9 Å². The van der Waals surface area contributed by atoms with Crippen LogP contribution in [0.4, 0.5) is 5.69 Å². The maximum Gasteiger partial charge on any atom is 0.116 e. The lowest BCUT2D eigenvalue weighted by Gasteiger charge is -2.32. The smallest absolute Gasteiger partial charge is 0.116 e. The predicted octanol–water partition coefficient (Wildman–Crippen LogP) is 1.76. The molecule has 2 heterocycles. The lowest BCUT2D eigenvalue weighted by molar-refractivity contribution is 0.268. The molecular formula is C13H18N2O. The summed E-state index contributed by atoms with van der Waals surface area (Å²) in [5, 5.41) is 9.65. The van der Waals surface area contributed by atoms with Crippen LogP contribution in [0.2, 0.25) is 0 Å². The molecule has 1 fully saturated rings. The van der Waals surface area contributed by atoms with Crippen LogP contribution in [0.15, 0.2) is 18.2 Å². The fourth-order valence-electron chi connectivity index (χ4n) is 3.56. The van der Waals surface area contributed by atoms with Gasteiger partial charge in [0.1, 0.15) is 5.75 Å². The first-order chi connectivity index (χ1) is 7.54. The number of anilines is 1. The molecule has 0 amide bonds. The second-order valence-electron chi connectivity index (χ2n) is 5.33. The van der Waals surface area contributed by atoms with E-state index >= 15 is 0 Å². The third kappa shape index (κ3) is 1.02. The fraction of sp³-hybridized carbons (Fsp3) is 0.538. The normalized spacial score (nSPS) is 32.9. The molecule has 3 nitrogen and oxygen atoms in total. The van der Waals surface area contributed by atoms with Crippen molar-refractivity contribution in [1.82, 2.24) is 4.90 Å². The second-order valence-corrected chi connectivity index (χ2v) is 5.33. The summed E-state index contributed by atoms with van der Waals surface area (Å²) in [6, 6.07) is 5.74.